The summed E-state index contributed by atoms with van der Waals surface area (Å²) in [7, 11) is 0. The lowest BCUT2D eigenvalue weighted by molar-refractivity contribution is -0.124. The fourth-order valence-corrected chi connectivity index (χ4v) is 3.76. The van der Waals surface area contributed by atoms with Gasteiger partial charge in [-0.1, -0.05) is 22.0 Å². The van der Waals surface area contributed by atoms with Gasteiger partial charge in [-0.2, -0.15) is 0 Å². The van der Waals surface area contributed by atoms with E-state index in [4.69, 9.17) is 5.11 Å². The number of halogens is 3. The highest BCUT2D eigenvalue weighted by Gasteiger charge is 2.48. The van der Waals surface area contributed by atoms with Crippen LogP contribution in [0.1, 0.15) is 17.5 Å². The predicted molar refractivity (Wildman–Crippen MR) is 81.2 cm³/mol. The Kier molecular flexibility index (Phi) is 4.11. The molecule has 2 aliphatic heterocycles. The Labute approximate surface area is 135 Å². The minimum atomic E-state index is -3.01. The monoisotopic (exact) mass is 374 g/mol. The third-order valence-corrected chi connectivity index (χ3v) is 4.98. The minimum Gasteiger partial charge on any atom is -0.465 e. The average Bonchev–Trinajstić information content (AvgIpc) is 2.45. The molecule has 1 N–H and O–H groups in total. The molecule has 0 aromatic heterocycles. The van der Waals surface area contributed by atoms with Crippen LogP contribution in [0.2, 0.25) is 0 Å². The van der Waals surface area contributed by atoms with Crippen LogP contribution in [0.3, 0.4) is 0 Å². The normalized spacial score (nSPS) is 24.9. The van der Waals surface area contributed by atoms with Crippen molar-refractivity contribution < 1.29 is 18.7 Å². The predicted octanol–water partition coefficient (Wildman–Crippen LogP) is 3.19. The van der Waals surface area contributed by atoms with Crippen LogP contribution in [0.4, 0.5) is 13.6 Å². The summed E-state index contributed by atoms with van der Waals surface area (Å²) in [5, 5.41) is 8.90. The molecule has 120 valence electrons. The van der Waals surface area contributed by atoms with Gasteiger partial charge in [0.1, 0.15) is 0 Å². The van der Waals surface area contributed by atoms with Gasteiger partial charge in [-0.05, 0) is 36.1 Å². The van der Waals surface area contributed by atoms with Crippen LogP contribution >= 0.6 is 15.9 Å². The topological polar surface area (TPSA) is 43.8 Å². The molecule has 1 aromatic rings. The highest BCUT2D eigenvalue weighted by Crippen LogP contribution is 2.34. The molecule has 0 aliphatic carbocycles. The number of likely N-dealkylation sites (tertiary alicyclic amines) is 1. The summed E-state index contributed by atoms with van der Waals surface area (Å²) < 4.78 is 29.7. The summed E-state index contributed by atoms with van der Waals surface area (Å²) in [5.41, 5.74) is 2.27. The smallest absolute Gasteiger partial charge is 0.407 e. The molecule has 3 rings (SSSR count). The molecule has 0 radical (unpaired) electrons. The van der Waals surface area contributed by atoms with E-state index >= 15 is 0 Å². The van der Waals surface area contributed by atoms with Crippen molar-refractivity contribution in [2.75, 3.05) is 19.6 Å². The summed E-state index contributed by atoms with van der Waals surface area (Å²) >= 11 is 3.43. The Morgan fingerprint density at radius 2 is 2.09 bits per heavy atom. The van der Waals surface area contributed by atoms with Gasteiger partial charge in [0.15, 0.2) is 0 Å². The van der Waals surface area contributed by atoms with Gasteiger partial charge in [-0.15, -0.1) is 0 Å². The van der Waals surface area contributed by atoms with Crippen molar-refractivity contribution in [1.82, 2.24) is 9.80 Å². The molecule has 7 heteroatoms. The van der Waals surface area contributed by atoms with Crippen LogP contribution in [0, 0.1) is 0 Å². The SMILES string of the molecule is O=C(O)N1CCC(N2CCc3cc(Br)ccc3C2)C(F)(F)C1. The minimum absolute atomic E-state index is 0.166. The number of nitrogens with zero attached hydrogens (tertiary/aromatic N) is 2. The lowest BCUT2D eigenvalue weighted by atomic mass is 9.93. The molecule has 0 spiro atoms. The number of rotatable bonds is 1. The van der Waals surface area contributed by atoms with Gasteiger partial charge in [0.25, 0.3) is 5.92 Å². The standard InChI is InChI=1S/C15H17BrF2N2O2/c16-12-2-1-11-8-19(5-3-10(11)7-12)13-4-6-20(14(21)22)9-15(13,17)18/h1-2,7,13H,3-6,8-9H2,(H,21,22). The van der Waals surface area contributed by atoms with Gasteiger partial charge in [0, 0.05) is 24.1 Å². The largest absolute Gasteiger partial charge is 0.465 e. The second-order valence-corrected chi connectivity index (χ2v) is 6.82. The van der Waals surface area contributed by atoms with E-state index < -0.39 is 24.6 Å². The highest BCUT2D eigenvalue weighted by molar-refractivity contribution is 9.10. The number of piperidine rings is 1. The van der Waals surface area contributed by atoms with Crippen LogP contribution in [0.5, 0.6) is 0 Å². The maximum absolute atomic E-state index is 14.3. The maximum atomic E-state index is 14.3. The molecule has 1 atom stereocenters. The van der Waals surface area contributed by atoms with E-state index in [1.807, 2.05) is 18.2 Å². The van der Waals surface area contributed by atoms with Gasteiger partial charge < -0.3 is 10.0 Å². The molecule has 0 saturated carbocycles. The first-order valence-corrected chi connectivity index (χ1v) is 8.03. The van der Waals surface area contributed by atoms with Crippen molar-refractivity contribution in [3.8, 4) is 0 Å². The lowest BCUT2D eigenvalue weighted by Gasteiger charge is -2.44. The van der Waals surface area contributed by atoms with Gasteiger partial charge in [0.2, 0.25) is 0 Å². The van der Waals surface area contributed by atoms with E-state index in [1.165, 1.54) is 5.56 Å². The lowest BCUT2D eigenvalue weighted by Crippen LogP contribution is -2.59. The summed E-state index contributed by atoms with van der Waals surface area (Å²) in [5.74, 6) is -3.01. The molecular formula is C15H17BrF2N2O2. The first kappa shape index (κ1) is 15.7. The Bertz CT molecular complexity index is 597. The molecule has 1 saturated heterocycles. The van der Waals surface area contributed by atoms with E-state index in [0.29, 0.717) is 13.1 Å². The second kappa shape index (κ2) is 5.77. The highest BCUT2D eigenvalue weighted by atomic mass is 79.9. The van der Waals surface area contributed by atoms with Crippen molar-refractivity contribution in [1.29, 1.82) is 0 Å². The molecule has 2 aliphatic rings. The van der Waals surface area contributed by atoms with Crippen LogP contribution in [-0.2, 0) is 13.0 Å². The van der Waals surface area contributed by atoms with E-state index in [9.17, 15) is 13.6 Å². The quantitative estimate of drug-likeness (QED) is 0.820. The Balaban J connectivity index is 1.75. The molecule has 1 unspecified atom stereocenters. The van der Waals surface area contributed by atoms with Crippen molar-refractivity contribution in [3.05, 3.63) is 33.8 Å². The summed E-state index contributed by atoms with van der Waals surface area (Å²) in [6.45, 7) is 0.530. The molecule has 1 amide bonds. The van der Waals surface area contributed by atoms with Crippen LogP contribution in [0.25, 0.3) is 0 Å². The van der Waals surface area contributed by atoms with E-state index in [-0.39, 0.29) is 13.0 Å². The first-order chi connectivity index (χ1) is 10.4. The molecule has 4 nitrogen and oxygen atoms in total. The van der Waals surface area contributed by atoms with Crippen LogP contribution in [-0.4, -0.2) is 52.6 Å². The number of hydrogen-bond acceptors (Lipinski definition) is 2. The average molecular weight is 375 g/mol. The van der Waals surface area contributed by atoms with E-state index in [0.717, 1.165) is 21.4 Å². The summed E-state index contributed by atoms with van der Waals surface area (Å²) in [4.78, 5) is 13.5. The van der Waals surface area contributed by atoms with Crippen molar-refractivity contribution in [2.45, 2.75) is 31.4 Å². The zero-order chi connectivity index (χ0) is 15.9. The summed E-state index contributed by atoms with van der Waals surface area (Å²) in [6, 6.07) is 5.04. The van der Waals surface area contributed by atoms with Crippen molar-refractivity contribution in [2.24, 2.45) is 0 Å². The third-order valence-electron chi connectivity index (χ3n) is 4.48. The van der Waals surface area contributed by atoms with Gasteiger partial charge in [-0.3, -0.25) is 4.90 Å². The molecule has 1 fully saturated rings. The zero-order valence-electron chi connectivity index (χ0n) is 11.9. The molecule has 22 heavy (non-hydrogen) atoms. The van der Waals surface area contributed by atoms with Gasteiger partial charge in [0.05, 0.1) is 12.6 Å². The fraction of sp³-hybridized carbons (Fsp3) is 0.533. The van der Waals surface area contributed by atoms with Gasteiger partial charge >= 0.3 is 6.09 Å². The van der Waals surface area contributed by atoms with Crippen LogP contribution < -0.4 is 0 Å². The zero-order valence-corrected chi connectivity index (χ0v) is 13.5. The number of benzene rings is 1. The van der Waals surface area contributed by atoms with Gasteiger partial charge in [-0.25, -0.2) is 13.6 Å². The Morgan fingerprint density at radius 3 is 2.77 bits per heavy atom. The molecule has 2 heterocycles. The van der Waals surface area contributed by atoms with Crippen molar-refractivity contribution >= 4 is 22.0 Å². The summed E-state index contributed by atoms with van der Waals surface area (Å²) in [6.07, 6.45) is -0.359. The Morgan fingerprint density at radius 1 is 1.32 bits per heavy atom. The number of alkyl halides is 2. The maximum Gasteiger partial charge on any atom is 0.407 e. The van der Waals surface area contributed by atoms with Crippen molar-refractivity contribution in [3.63, 3.8) is 0 Å². The van der Waals surface area contributed by atoms with Crippen LogP contribution in [0.15, 0.2) is 22.7 Å². The molecule has 1 aromatic carbocycles. The Hall–Kier alpha value is -1.21. The first-order valence-electron chi connectivity index (χ1n) is 7.24. The third kappa shape index (κ3) is 2.96. The van der Waals surface area contributed by atoms with E-state index in [1.54, 1.807) is 4.90 Å². The fourth-order valence-electron chi connectivity index (χ4n) is 3.35. The number of carbonyl (C=O) groups is 1. The number of hydrogen-bond donors (Lipinski definition) is 1. The van der Waals surface area contributed by atoms with E-state index in [2.05, 4.69) is 15.9 Å². The molecule has 0 bridgehead atoms. The number of amides is 1. The second-order valence-electron chi connectivity index (χ2n) is 5.90. The number of carboxylic acid groups (broad SMARTS) is 1. The number of fused-ring (bicyclic) bond motifs is 1. The molecular weight excluding hydrogens is 358 g/mol.